The predicted octanol–water partition coefficient (Wildman–Crippen LogP) is 5.29. The quantitative estimate of drug-likeness (QED) is 0.316. The van der Waals surface area contributed by atoms with Crippen LogP contribution in [-0.4, -0.2) is 31.0 Å². The van der Waals surface area contributed by atoms with Crippen LogP contribution in [0.4, 0.5) is 5.69 Å². The number of halogens is 1. The number of hydrogen-bond donors (Lipinski definition) is 1. The van der Waals surface area contributed by atoms with Gasteiger partial charge in [0.25, 0.3) is 11.7 Å². The molecule has 0 aliphatic carbocycles. The summed E-state index contributed by atoms with van der Waals surface area (Å²) in [7, 11) is 2.99. The average Bonchev–Trinajstić information content (AvgIpc) is 3.10. The molecular formula is C26H22ClNO5. The topological polar surface area (TPSA) is 76.1 Å². The zero-order valence-corrected chi connectivity index (χ0v) is 19.1. The standard InChI is InChI=1S/C26H22ClNO5/c1-15-7-10-18(11-8-15)28-23(16-5-4-6-19(13-16)32-2)22(25(30)26(28)31)24(29)17-9-12-20(27)21(14-17)33-3/h4-14,23,29H,1-3H3/b24-22-. The Morgan fingerprint density at radius 2 is 1.70 bits per heavy atom. The molecule has 0 saturated carbocycles. The lowest BCUT2D eigenvalue weighted by atomic mass is 9.95. The van der Waals surface area contributed by atoms with E-state index in [1.54, 1.807) is 48.5 Å². The fourth-order valence-electron chi connectivity index (χ4n) is 3.89. The Balaban J connectivity index is 1.95. The molecule has 7 heteroatoms. The Bertz CT molecular complexity index is 1270. The summed E-state index contributed by atoms with van der Waals surface area (Å²) in [6.45, 7) is 1.94. The van der Waals surface area contributed by atoms with E-state index >= 15 is 0 Å². The van der Waals surface area contributed by atoms with Crippen molar-refractivity contribution >= 4 is 34.7 Å². The molecular weight excluding hydrogens is 442 g/mol. The van der Waals surface area contributed by atoms with Crippen molar-refractivity contribution in [3.8, 4) is 11.5 Å². The maximum Gasteiger partial charge on any atom is 0.300 e. The molecule has 1 atom stereocenters. The number of aliphatic hydroxyl groups excluding tert-OH is 1. The van der Waals surface area contributed by atoms with Crippen LogP contribution in [0.15, 0.2) is 72.3 Å². The first-order valence-corrected chi connectivity index (χ1v) is 10.6. The molecule has 4 rings (SSSR count). The number of benzene rings is 3. The molecule has 1 amide bonds. The van der Waals surface area contributed by atoms with Crippen molar-refractivity contribution in [2.45, 2.75) is 13.0 Å². The van der Waals surface area contributed by atoms with E-state index in [0.29, 0.717) is 33.3 Å². The van der Waals surface area contributed by atoms with Crippen LogP contribution in [0.3, 0.4) is 0 Å². The van der Waals surface area contributed by atoms with Crippen molar-refractivity contribution in [1.29, 1.82) is 0 Å². The van der Waals surface area contributed by atoms with Crippen molar-refractivity contribution in [3.63, 3.8) is 0 Å². The largest absolute Gasteiger partial charge is 0.507 e. The number of ketones is 1. The second kappa shape index (κ2) is 9.00. The van der Waals surface area contributed by atoms with Gasteiger partial charge in [-0.2, -0.15) is 0 Å². The predicted molar refractivity (Wildman–Crippen MR) is 127 cm³/mol. The van der Waals surface area contributed by atoms with Crippen LogP contribution in [0.1, 0.15) is 22.7 Å². The molecule has 1 N–H and O–H groups in total. The molecule has 0 radical (unpaired) electrons. The molecule has 6 nitrogen and oxygen atoms in total. The zero-order valence-electron chi connectivity index (χ0n) is 18.3. The smallest absolute Gasteiger partial charge is 0.300 e. The molecule has 1 aliphatic rings. The number of Topliss-reactive ketones (excluding diaryl/α,β-unsaturated/α-hetero) is 1. The summed E-state index contributed by atoms with van der Waals surface area (Å²) in [6, 6.07) is 18.2. The van der Waals surface area contributed by atoms with E-state index in [0.717, 1.165) is 5.56 Å². The summed E-state index contributed by atoms with van der Waals surface area (Å²) in [6.07, 6.45) is 0. The zero-order chi connectivity index (χ0) is 23.7. The Labute approximate surface area is 196 Å². The Kier molecular flexibility index (Phi) is 6.11. The van der Waals surface area contributed by atoms with E-state index in [4.69, 9.17) is 21.1 Å². The molecule has 3 aromatic carbocycles. The van der Waals surface area contributed by atoms with Gasteiger partial charge in [0.15, 0.2) is 0 Å². The molecule has 168 valence electrons. The minimum absolute atomic E-state index is 0.0294. The van der Waals surface area contributed by atoms with Gasteiger partial charge < -0.3 is 14.6 Å². The molecule has 1 unspecified atom stereocenters. The Hall–Kier alpha value is -3.77. The lowest BCUT2D eigenvalue weighted by molar-refractivity contribution is -0.132. The molecule has 1 heterocycles. The third kappa shape index (κ3) is 4.05. The van der Waals surface area contributed by atoms with Crippen LogP contribution < -0.4 is 14.4 Å². The first-order chi connectivity index (χ1) is 15.8. The van der Waals surface area contributed by atoms with E-state index < -0.39 is 17.7 Å². The van der Waals surface area contributed by atoms with Crippen molar-refractivity contribution in [1.82, 2.24) is 0 Å². The number of aliphatic hydroxyl groups is 1. The summed E-state index contributed by atoms with van der Waals surface area (Å²) < 4.78 is 10.6. The van der Waals surface area contributed by atoms with Gasteiger partial charge in [0, 0.05) is 11.3 Å². The monoisotopic (exact) mass is 463 g/mol. The van der Waals surface area contributed by atoms with Gasteiger partial charge in [-0.1, -0.05) is 41.4 Å². The van der Waals surface area contributed by atoms with Crippen LogP contribution >= 0.6 is 11.6 Å². The average molecular weight is 464 g/mol. The highest BCUT2D eigenvalue weighted by Crippen LogP contribution is 2.43. The fourth-order valence-corrected chi connectivity index (χ4v) is 4.09. The molecule has 0 spiro atoms. The van der Waals surface area contributed by atoms with E-state index in [2.05, 4.69) is 0 Å². The lowest BCUT2D eigenvalue weighted by Gasteiger charge is -2.26. The first kappa shape index (κ1) is 22.4. The fraction of sp³-hybridized carbons (Fsp3) is 0.154. The minimum atomic E-state index is -0.857. The van der Waals surface area contributed by atoms with Crippen LogP contribution in [0.25, 0.3) is 5.76 Å². The van der Waals surface area contributed by atoms with Crippen molar-refractivity contribution in [2.75, 3.05) is 19.1 Å². The van der Waals surface area contributed by atoms with Gasteiger partial charge in [0.05, 0.1) is 30.9 Å². The van der Waals surface area contributed by atoms with Crippen molar-refractivity contribution in [2.24, 2.45) is 0 Å². The highest BCUT2D eigenvalue weighted by atomic mass is 35.5. The Morgan fingerprint density at radius 1 is 0.970 bits per heavy atom. The summed E-state index contributed by atoms with van der Waals surface area (Å²) in [4.78, 5) is 27.8. The van der Waals surface area contributed by atoms with E-state index in [1.165, 1.54) is 25.2 Å². The number of amides is 1. The lowest BCUT2D eigenvalue weighted by Crippen LogP contribution is -2.29. The highest BCUT2D eigenvalue weighted by Gasteiger charge is 2.47. The van der Waals surface area contributed by atoms with Gasteiger partial charge in [0.2, 0.25) is 0 Å². The number of rotatable bonds is 5. The number of carbonyl (C=O) groups excluding carboxylic acids is 2. The summed E-state index contributed by atoms with van der Waals surface area (Å²) in [5, 5.41) is 11.6. The van der Waals surface area contributed by atoms with E-state index in [1.807, 2.05) is 19.1 Å². The maximum atomic E-state index is 13.2. The minimum Gasteiger partial charge on any atom is -0.507 e. The Morgan fingerprint density at radius 3 is 2.36 bits per heavy atom. The van der Waals surface area contributed by atoms with Gasteiger partial charge in [-0.15, -0.1) is 0 Å². The van der Waals surface area contributed by atoms with Crippen LogP contribution in [-0.2, 0) is 9.59 Å². The number of nitrogens with zero attached hydrogens (tertiary/aromatic N) is 1. The normalized spacial score (nSPS) is 17.3. The number of hydrogen-bond acceptors (Lipinski definition) is 5. The third-order valence-electron chi connectivity index (χ3n) is 5.59. The van der Waals surface area contributed by atoms with Crippen molar-refractivity contribution < 1.29 is 24.2 Å². The number of methoxy groups -OCH3 is 2. The maximum absolute atomic E-state index is 13.2. The van der Waals surface area contributed by atoms with Crippen LogP contribution in [0, 0.1) is 6.92 Å². The van der Waals surface area contributed by atoms with Crippen molar-refractivity contribution in [3.05, 3.63) is 94.0 Å². The molecule has 1 saturated heterocycles. The third-order valence-corrected chi connectivity index (χ3v) is 5.90. The summed E-state index contributed by atoms with van der Waals surface area (Å²) >= 11 is 6.12. The van der Waals surface area contributed by atoms with Gasteiger partial charge in [-0.25, -0.2) is 0 Å². The first-order valence-electron chi connectivity index (χ1n) is 10.2. The molecule has 0 bridgehead atoms. The van der Waals surface area contributed by atoms with E-state index in [9.17, 15) is 14.7 Å². The molecule has 3 aromatic rings. The molecule has 33 heavy (non-hydrogen) atoms. The number of ether oxygens (including phenoxy) is 2. The molecule has 1 fully saturated rings. The van der Waals surface area contributed by atoms with E-state index in [-0.39, 0.29) is 11.3 Å². The van der Waals surface area contributed by atoms with Gasteiger partial charge in [-0.3, -0.25) is 14.5 Å². The van der Waals surface area contributed by atoms with Gasteiger partial charge in [0.1, 0.15) is 17.3 Å². The van der Waals surface area contributed by atoms with Gasteiger partial charge in [-0.05, 0) is 55.0 Å². The number of anilines is 1. The number of aryl methyl sites for hydroxylation is 1. The SMILES string of the molecule is COc1cccc(C2/C(=C(/O)c3ccc(Cl)c(OC)c3)C(=O)C(=O)N2c2ccc(C)cc2)c1. The number of carbonyl (C=O) groups is 2. The summed E-state index contributed by atoms with van der Waals surface area (Å²) in [5.74, 6) is -0.920. The molecule has 1 aliphatic heterocycles. The van der Waals surface area contributed by atoms with Crippen LogP contribution in [0.5, 0.6) is 11.5 Å². The molecule has 0 aromatic heterocycles. The van der Waals surface area contributed by atoms with Gasteiger partial charge >= 0.3 is 0 Å². The second-order valence-corrected chi connectivity index (χ2v) is 8.04. The highest BCUT2D eigenvalue weighted by molar-refractivity contribution is 6.51. The van der Waals surface area contributed by atoms with Crippen LogP contribution in [0.2, 0.25) is 5.02 Å². The second-order valence-electron chi connectivity index (χ2n) is 7.63. The summed E-state index contributed by atoms with van der Waals surface area (Å²) in [5.41, 5.74) is 2.46.